The summed E-state index contributed by atoms with van der Waals surface area (Å²) in [5.41, 5.74) is 1.02. The standard InChI is InChI=1S/C34H53NO7.C34H53NO6/c1-19-14-21(29(37)38)41-27-26(19)31(4)10-11-34-18-33(34)9-8-24(42-25-15-35(12-13-40-25)20-16-39-17-20)30(2,3)22(33)6-7-23(34)32(31,5)28(27)36;1-20-14-22(16-36)40-28-27(20)31(4)10-11-34-19-33(34)9-8-25(41-26-15-35(12-13-39-26)21-17-38-18-21)30(2,3)23(33)6-7-24(34)32(31,5)29(28)37/h19-28,36H,6-18H2,1-5H3,(H,37,38);16,20-29,37H,6-15,17-19H2,1-5H3/t19-,21?,22+,23+,24?,25+,26?,27?,28+,31-,32-,33-,34?;20-,22?,23+,24+,25?,26+,27?,28?,29+,31-,32-,33-,34?/m11/s1. The second kappa shape index (κ2) is 19.3. The lowest BCUT2D eigenvalue weighted by molar-refractivity contribution is -0.256. The molecule has 6 aliphatic heterocycles. The van der Waals surface area contributed by atoms with Crippen molar-refractivity contribution in [1.82, 2.24) is 9.80 Å². The Morgan fingerprint density at radius 2 is 0.976 bits per heavy atom. The molecule has 0 bridgehead atoms. The van der Waals surface area contributed by atoms with Gasteiger partial charge in [-0.15, -0.1) is 0 Å². The number of carbonyl (C=O) groups is 2. The number of fused-ring (bicyclic) bond motifs is 8. The number of ether oxygens (including phenoxy) is 8. The van der Waals surface area contributed by atoms with Gasteiger partial charge in [0.05, 0.1) is 101 Å². The quantitative estimate of drug-likeness (QED) is 0.197. The van der Waals surface area contributed by atoms with Gasteiger partial charge in [0.1, 0.15) is 12.4 Å². The number of nitrogens with zero attached hydrogens (tertiary/aromatic N) is 2. The number of carboxylic acid groups (broad SMARTS) is 1. The lowest BCUT2D eigenvalue weighted by Crippen LogP contribution is -2.60. The Kier molecular flexibility index (Phi) is 13.5. The van der Waals surface area contributed by atoms with Crippen LogP contribution in [-0.2, 0) is 47.5 Å². The Bertz CT molecular complexity index is 2540. The number of hydrogen-bond donors (Lipinski definition) is 3. The zero-order chi connectivity index (χ0) is 58.0. The SMILES string of the molecule is C[C@@H]1CC(C(=O)O)OC2C1[C@@]1(C)CCC34C[C@@]35CCC(O[C@H]3CN(C6COC6)CCO3)C(C)(C)[C@@H]5CC[C@H]4[C@]1(C)[C@H]2O.C[C@@H]1CC(C=O)OC2C1[C@@]1(C)CCC34C[C@@]35CCC(O[C@H]3CN(C6COC6)CCO3)C(C)(C)[C@@H]5CC[C@H]4[C@]1(C)[C@H]2O. The van der Waals surface area contributed by atoms with Crippen LogP contribution in [0.5, 0.6) is 0 Å². The molecular weight excluding hydrogens is 1050 g/mol. The summed E-state index contributed by atoms with van der Waals surface area (Å²) in [5, 5.41) is 34.1. The second-order valence-electron chi connectivity index (χ2n) is 33.8. The molecule has 26 atom stereocenters. The fraction of sp³-hybridized carbons (Fsp3) is 0.971. The van der Waals surface area contributed by atoms with Crippen molar-refractivity contribution in [1.29, 1.82) is 0 Å². The van der Waals surface area contributed by atoms with Gasteiger partial charge in [0, 0.05) is 23.9 Å². The van der Waals surface area contributed by atoms with Crippen molar-refractivity contribution in [2.75, 3.05) is 65.8 Å². The van der Waals surface area contributed by atoms with Crippen LogP contribution in [0.15, 0.2) is 0 Å². The Morgan fingerprint density at radius 3 is 1.40 bits per heavy atom. The molecule has 16 aliphatic rings. The van der Waals surface area contributed by atoms with Gasteiger partial charge < -0.3 is 58.0 Å². The predicted octanol–water partition coefficient (Wildman–Crippen LogP) is 8.77. The van der Waals surface area contributed by atoms with Crippen LogP contribution in [0.3, 0.4) is 0 Å². The van der Waals surface area contributed by atoms with E-state index >= 15 is 0 Å². The highest BCUT2D eigenvalue weighted by atomic mass is 16.7. The summed E-state index contributed by atoms with van der Waals surface area (Å²) in [4.78, 5) is 28.7. The van der Waals surface area contributed by atoms with Gasteiger partial charge in [-0.05, 0) is 193 Å². The molecule has 466 valence electrons. The van der Waals surface area contributed by atoms with Gasteiger partial charge in [0.25, 0.3) is 0 Å². The first kappa shape index (κ1) is 58.1. The zero-order valence-corrected chi connectivity index (χ0v) is 52.3. The van der Waals surface area contributed by atoms with Crippen LogP contribution in [0.2, 0.25) is 0 Å². The number of morpholine rings is 2. The van der Waals surface area contributed by atoms with E-state index in [0.717, 1.165) is 104 Å². The van der Waals surface area contributed by atoms with E-state index in [4.69, 9.17) is 37.9 Å². The summed E-state index contributed by atoms with van der Waals surface area (Å²) in [6, 6.07) is 1.04. The third-order valence-corrected chi connectivity index (χ3v) is 31.0. The van der Waals surface area contributed by atoms with Gasteiger partial charge in [-0.3, -0.25) is 9.80 Å². The molecule has 0 radical (unpaired) electrons. The van der Waals surface area contributed by atoms with Crippen LogP contribution in [0, 0.1) is 101 Å². The lowest BCUT2D eigenvalue weighted by Gasteiger charge is -2.64. The molecule has 10 aliphatic carbocycles. The third kappa shape index (κ3) is 7.58. The minimum absolute atomic E-state index is 0.0436. The first-order chi connectivity index (χ1) is 39.4. The Hall–Kier alpha value is -1.34. The first-order valence-electron chi connectivity index (χ1n) is 33.9. The van der Waals surface area contributed by atoms with Crippen LogP contribution in [0.1, 0.15) is 172 Å². The van der Waals surface area contributed by atoms with Crippen molar-refractivity contribution in [2.24, 2.45) is 101 Å². The second-order valence-corrected chi connectivity index (χ2v) is 33.8. The molecule has 4 spiro atoms. The predicted molar refractivity (Wildman–Crippen MR) is 307 cm³/mol. The monoisotopic (exact) mass is 1160 g/mol. The minimum atomic E-state index is -0.889. The normalized spacial score (nSPS) is 57.2. The fourth-order valence-electron chi connectivity index (χ4n) is 26.7. The Balaban J connectivity index is 0.000000142. The maximum Gasteiger partial charge on any atom is 0.332 e. The van der Waals surface area contributed by atoms with Crippen LogP contribution in [-0.4, -0.2) is 177 Å². The van der Waals surface area contributed by atoms with E-state index in [1.807, 2.05) is 0 Å². The molecule has 16 fully saturated rings. The Morgan fingerprint density at radius 1 is 0.554 bits per heavy atom. The Labute approximate surface area is 495 Å². The molecular formula is C68H106N2O13. The molecule has 15 heteroatoms. The third-order valence-electron chi connectivity index (χ3n) is 31.0. The van der Waals surface area contributed by atoms with E-state index in [9.17, 15) is 24.9 Å². The van der Waals surface area contributed by atoms with E-state index in [-0.39, 0.29) is 92.8 Å². The van der Waals surface area contributed by atoms with Crippen molar-refractivity contribution in [3.05, 3.63) is 0 Å². The molecule has 15 nitrogen and oxygen atoms in total. The molecule has 6 saturated heterocycles. The summed E-state index contributed by atoms with van der Waals surface area (Å²) in [5.74, 6) is 2.49. The maximum absolute atomic E-state index is 12.2. The molecule has 83 heavy (non-hydrogen) atoms. The molecule has 0 aromatic heterocycles. The van der Waals surface area contributed by atoms with Gasteiger partial charge in [-0.2, -0.15) is 0 Å². The van der Waals surface area contributed by atoms with Gasteiger partial charge >= 0.3 is 5.97 Å². The van der Waals surface area contributed by atoms with E-state index in [0.29, 0.717) is 70.3 Å². The topological polar surface area (TPSA) is 175 Å². The summed E-state index contributed by atoms with van der Waals surface area (Å²) >= 11 is 0. The molecule has 3 N–H and O–H groups in total. The highest BCUT2D eigenvalue weighted by Gasteiger charge is 2.87. The number of carbonyl (C=O) groups excluding carboxylic acids is 1. The average Bonchev–Trinajstić information content (AvgIpc) is 1.52. The van der Waals surface area contributed by atoms with Gasteiger partial charge in [-0.1, -0.05) is 69.2 Å². The van der Waals surface area contributed by atoms with Gasteiger partial charge in [-0.25, -0.2) is 4.79 Å². The fourth-order valence-corrected chi connectivity index (χ4v) is 26.7. The summed E-state index contributed by atoms with van der Waals surface area (Å²) < 4.78 is 49.6. The van der Waals surface area contributed by atoms with Crippen molar-refractivity contribution in [3.8, 4) is 0 Å². The molecule has 0 aromatic rings. The number of hydrogen-bond acceptors (Lipinski definition) is 14. The number of aldehydes is 1. The number of rotatable bonds is 8. The number of aliphatic hydroxyl groups excluding tert-OH is 2. The zero-order valence-electron chi connectivity index (χ0n) is 52.3. The number of aliphatic carboxylic acids is 1. The van der Waals surface area contributed by atoms with Crippen molar-refractivity contribution < 1.29 is 62.8 Å². The smallest absolute Gasteiger partial charge is 0.332 e. The van der Waals surface area contributed by atoms with Crippen LogP contribution < -0.4 is 0 Å². The number of carboxylic acids is 1. The highest BCUT2D eigenvalue weighted by Crippen LogP contribution is 2.91. The molecule has 10 saturated carbocycles. The molecule has 16 rings (SSSR count). The first-order valence-corrected chi connectivity index (χ1v) is 33.9. The van der Waals surface area contributed by atoms with Crippen LogP contribution in [0.25, 0.3) is 0 Å². The van der Waals surface area contributed by atoms with E-state index < -0.39 is 24.3 Å². The molecule has 10 unspecified atom stereocenters. The highest BCUT2D eigenvalue weighted by molar-refractivity contribution is 5.72. The van der Waals surface area contributed by atoms with Crippen molar-refractivity contribution >= 4 is 12.3 Å². The maximum atomic E-state index is 12.2. The molecule has 6 heterocycles. The van der Waals surface area contributed by atoms with Crippen molar-refractivity contribution in [3.63, 3.8) is 0 Å². The minimum Gasteiger partial charge on any atom is -0.479 e. The summed E-state index contributed by atoms with van der Waals surface area (Å²) in [7, 11) is 0. The average molecular weight is 1160 g/mol. The summed E-state index contributed by atoms with van der Waals surface area (Å²) in [6.07, 6.45) is 16.3. The molecule has 0 aromatic carbocycles. The number of aliphatic hydroxyl groups is 2. The van der Waals surface area contributed by atoms with Crippen LogP contribution >= 0.6 is 0 Å². The van der Waals surface area contributed by atoms with Crippen molar-refractivity contribution in [2.45, 2.75) is 245 Å². The van der Waals surface area contributed by atoms with Gasteiger partial charge in [0.2, 0.25) is 0 Å². The van der Waals surface area contributed by atoms with E-state index in [2.05, 4.69) is 79.0 Å². The lowest BCUT2D eigenvalue weighted by atomic mass is 9.41. The molecule has 0 amide bonds. The van der Waals surface area contributed by atoms with Crippen LogP contribution in [0.4, 0.5) is 0 Å². The summed E-state index contributed by atoms with van der Waals surface area (Å²) in [6.45, 7) is 32.5. The van der Waals surface area contributed by atoms with E-state index in [1.165, 1.54) is 64.2 Å². The largest absolute Gasteiger partial charge is 0.479 e. The van der Waals surface area contributed by atoms with E-state index in [1.54, 1.807) is 0 Å². The van der Waals surface area contributed by atoms with Gasteiger partial charge in [0.15, 0.2) is 18.7 Å².